The maximum atomic E-state index is 12.9. The zero-order chi connectivity index (χ0) is 55.7. The summed E-state index contributed by atoms with van der Waals surface area (Å²) in [6, 6.07) is 0. The molecule has 0 N–H and O–H groups in total. The van der Waals surface area contributed by atoms with Crippen LogP contribution in [0, 0.1) is 0 Å². The predicted octanol–water partition coefficient (Wildman–Crippen LogP) is 22.4. The lowest BCUT2D eigenvalue weighted by atomic mass is 10.0. The van der Waals surface area contributed by atoms with Gasteiger partial charge in [0.1, 0.15) is 13.2 Å². The molecule has 0 aromatic carbocycles. The summed E-state index contributed by atoms with van der Waals surface area (Å²) in [5.41, 5.74) is 0. The number of ether oxygens (including phenoxy) is 3. The van der Waals surface area contributed by atoms with E-state index in [4.69, 9.17) is 14.2 Å². The zero-order valence-corrected chi connectivity index (χ0v) is 50.7. The average Bonchev–Trinajstić information content (AvgIpc) is 3.43. The standard InChI is InChI=1S/C71H122O6/c1-4-7-10-13-16-19-22-25-27-29-31-33-34-35-36-38-39-41-43-46-49-52-55-58-61-64-70(73)76-67-68(66-75-69(72)63-60-57-54-51-48-45-24-21-18-15-12-9-6-3)77-71(74)65-62-59-56-53-50-47-44-42-40-37-32-30-28-26-23-20-17-14-11-8-5-2/h7,10,16,19,23,25-27,30-33,35-36,40,42,68H,4-6,8-9,11-15,17-18,20-22,24,28-29,34,37-39,41,43-67H2,1-3H3/b10-7-,19-16-,26-23-,27-25-,32-30-,33-31-,36-35-,42-40-. The van der Waals surface area contributed by atoms with E-state index in [0.717, 1.165) is 122 Å². The minimum absolute atomic E-state index is 0.0823. The third-order valence-corrected chi connectivity index (χ3v) is 14.1. The van der Waals surface area contributed by atoms with Gasteiger partial charge in [-0.1, -0.05) is 291 Å². The number of carbonyl (C=O) groups excluding carboxylic acids is 3. The van der Waals surface area contributed by atoms with Gasteiger partial charge >= 0.3 is 17.9 Å². The number of esters is 3. The first-order chi connectivity index (χ1) is 38.0. The molecule has 0 aromatic rings. The Balaban J connectivity index is 4.36. The van der Waals surface area contributed by atoms with Crippen LogP contribution in [0.15, 0.2) is 97.2 Å². The van der Waals surface area contributed by atoms with Crippen LogP contribution < -0.4 is 0 Å². The number of allylic oxidation sites excluding steroid dienone is 16. The van der Waals surface area contributed by atoms with Gasteiger partial charge in [-0.25, -0.2) is 0 Å². The monoisotopic (exact) mass is 1070 g/mol. The quantitative estimate of drug-likeness (QED) is 0.0261. The van der Waals surface area contributed by atoms with Crippen molar-refractivity contribution in [3.05, 3.63) is 97.2 Å². The van der Waals surface area contributed by atoms with E-state index in [2.05, 4.69) is 118 Å². The summed E-state index contributed by atoms with van der Waals surface area (Å²) in [7, 11) is 0. The molecule has 1 unspecified atom stereocenters. The van der Waals surface area contributed by atoms with Gasteiger partial charge in [-0.15, -0.1) is 0 Å². The molecule has 0 aromatic heterocycles. The lowest BCUT2D eigenvalue weighted by molar-refractivity contribution is -0.167. The first-order valence-corrected chi connectivity index (χ1v) is 32.7. The number of hydrogen-bond donors (Lipinski definition) is 0. The fraction of sp³-hybridized carbons (Fsp3) is 0.732. The molecule has 0 aliphatic rings. The SMILES string of the molecule is CC/C=C\C/C=C\C/C=C\C/C=C\C/C=C\CCCCCCCCCCCC(=O)OCC(COC(=O)CCCCCCCCCCCCCCC)OC(=O)CCCCCCCC/C=C\C/C=C\C/C=C\CCCCCCC. The van der Waals surface area contributed by atoms with E-state index in [0.29, 0.717) is 19.3 Å². The first-order valence-electron chi connectivity index (χ1n) is 32.7. The van der Waals surface area contributed by atoms with E-state index in [9.17, 15) is 14.4 Å². The van der Waals surface area contributed by atoms with E-state index < -0.39 is 6.10 Å². The summed E-state index contributed by atoms with van der Waals surface area (Å²) >= 11 is 0. The van der Waals surface area contributed by atoms with Gasteiger partial charge in [-0.3, -0.25) is 14.4 Å². The number of rotatable bonds is 59. The second-order valence-corrected chi connectivity index (χ2v) is 21.6. The van der Waals surface area contributed by atoms with E-state index in [-0.39, 0.29) is 31.1 Å². The second kappa shape index (κ2) is 64.9. The van der Waals surface area contributed by atoms with Crippen LogP contribution in [-0.2, 0) is 28.6 Å². The molecule has 0 fully saturated rings. The summed E-state index contributed by atoms with van der Waals surface area (Å²) < 4.78 is 16.9. The third kappa shape index (κ3) is 63.0. The smallest absolute Gasteiger partial charge is 0.306 e. The van der Waals surface area contributed by atoms with Crippen molar-refractivity contribution < 1.29 is 28.6 Å². The molecule has 6 nitrogen and oxygen atoms in total. The Labute approximate surface area is 477 Å². The molecular formula is C71H122O6. The Kier molecular flexibility index (Phi) is 61.8. The fourth-order valence-electron chi connectivity index (χ4n) is 9.18. The van der Waals surface area contributed by atoms with Crippen molar-refractivity contribution >= 4 is 17.9 Å². The van der Waals surface area contributed by atoms with Crippen LogP contribution in [0.4, 0.5) is 0 Å². The van der Waals surface area contributed by atoms with Crippen molar-refractivity contribution in [2.24, 2.45) is 0 Å². The minimum Gasteiger partial charge on any atom is -0.462 e. The van der Waals surface area contributed by atoms with Gasteiger partial charge < -0.3 is 14.2 Å². The molecule has 0 saturated heterocycles. The molecule has 442 valence electrons. The lowest BCUT2D eigenvalue weighted by Gasteiger charge is -2.18. The van der Waals surface area contributed by atoms with Crippen LogP contribution in [0.2, 0.25) is 0 Å². The summed E-state index contributed by atoms with van der Waals surface area (Å²) in [6.45, 7) is 6.53. The molecule has 0 spiro atoms. The molecule has 6 heteroatoms. The van der Waals surface area contributed by atoms with Crippen molar-refractivity contribution in [2.75, 3.05) is 13.2 Å². The lowest BCUT2D eigenvalue weighted by Crippen LogP contribution is -2.30. The molecule has 0 bridgehead atoms. The van der Waals surface area contributed by atoms with Gasteiger partial charge in [0.05, 0.1) is 0 Å². The molecule has 0 radical (unpaired) electrons. The van der Waals surface area contributed by atoms with E-state index in [1.807, 2.05) is 0 Å². The number of carbonyl (C=O) groups is 3. The van der Waals surface area contributed by atoms with Gasteiger partial charge in [-0.05, 0) is 103 Å². The van der Waals surface area contributed by atoms with Crippen LogP contribution in [-0.4, -0.2) is 37.2 Å². The maximum Gasteiger partial charge on any atom is 0.306 e. The van der Waals surface area contributed by atoms with Crippen molar-refractivity contribution in [3.8, 4) is 0 Å². The Hall–Kier alpha value is -3.67. The van der Waals surface area contributed by atoms with Gasteiger partial charge in [-0.2, -0.15) is 0 Å². The Morgan fingerprint density at radius 1 is 0.273 bits per heavy atom. The highest BCUT2D eigenvalue weighted by Gasteiger charge is 2.19. The van der Waals surface area contributed by atoms with Crippen molar-refractivity contribution in [2.45, 2.75) is 322 Å². The molecule has 0 amide bonds. The second-order valence-electron chi connectivity index (χ2n) is 21.6. The highest BCUT2D eigenvalue weighted by Crippen LogP contribution is 2.16. The molecule has 0 aliphatic carbocycles. The average molecular weight is 1070 g/mol. The number of unbranched alkanes of at least 4 members (excludes halogenated alkanes) is 32. The molecule has 0 rings (SSSR count). The van der Waals surface area contributed by atoms with Crippen molar-refractivity contribution in [1.82, 2.24) is 0 Å². The van der Waals surface area contributed by atoms with Crippen molar-refractivity contribution in [3.63, 3.8) is 0 Å². The minimum atomic E-state index is -0.788. The Morgan fingerprint density at radius 2 is 0.506 bits per heavy atom. The van der Waals surface area contributed by atoms with Crippen LogP contribution in [0.25, 0.3) is 0 Å². The van der Waals surface area contributed by atoms with Gasteiger partial charge in [0.15, 0.2) is 6.10 Å². The molecular weight excluding hydrogens is 949 g/mol. The van der Waals surface area contributed by atoms with E-state index in [1.165, 1.54) is 154 Å². The van der Waals surface area contributed by atoms with E-state index in [1.54, 1.807) is 0 Å². The van der Waals surface area contributed by atoms with Gasteiger partial charge in [0.2, 0.25) is 0 Å². The molecule has 0 heterocycles. The van der Waals surface area contributed by atoms with Crippen LogP contribution in [0.5, 0.6) is 0 Å². The molecule has 77 heavy (non-hydrogen) atoms. The zero-order valence-electron chi connectivity index (χ0n) is 50.7. The van der Waals surface area contributed by atoms with Crippen LogP contribution in [0.3, 0.4) is 0 Å². The summed E-state index contributed by atoms with van der Waals surface area (Å²) in [6.07, 6.45) is 86.9. The topological polar surface area (TPSA) is 78.9 Å². The highest BCUT2D eigenvalue weighted by molar-refractivity contribution is 5.71. The summed E-state index contributed by atoms with van der Waals surface area (Å²) in [4.78, 5) is 38.3. The molecule has 1 atom stereocenters. The largest absolute Gasteiger partial charge is 0.462 e. The predicted molar refractivity (Wildman–Crippen MR) is 334 cm³/mol. The summed E-state index contributed by atoms with van der Waals surface area (Å²) in [5, 5.41) is 0. The van der Waals surface area contributed by atoms with Gasteiger partial charge in [0.25, 0.3) is 0 Å². The normalized spacial score (nSPS) is 12.7. The maximum absolute atomic E-state index is 12.9. The van der Waals surface area contributed by atoms with E-state index >= 15 is 0 Å². The fourth-order valence-corrected chi connectivity index (χ4v) is 9.18. The third-order valence-electron chi connectivity index (χ3n) is 14.1. The Bertz CT molecular complexity index is 1510. The van der Waals surface area contributed by atoms with Gasteiger partial charge in [0, 0.05) is 19.3 Å². The van der Waals surface area contributed by atoms with Crippen molar-refractivity contribution in [1.29, 1.82) is 0 Å². The molecule has 0 saturated carbocycles. The first kappa shape index (κ1) is 73.3. The highest BCUT2D eigenvalue weighted by atomic mass is 16.6. The Morgan fingerprint density at radius 3 is 0.792 bits per heavy atom. The summed E-state index contributed by atoms with van der Waals surface area (Å²) in [5.74, 6) is -0.890. The number of hydrogen-bond acceptors (Lipinski definition) is 6. The van der Waals surface area contributed by atoms with Crippen LogP contribution in [0.1, 0.15) is 316 Å². The van der Waals surface area contributed by atoms with Crippen LogP contribution >= 0.6 is 0 Å². The molecule has 0 aliphatic heterocycles.